The fourth-order valence-corrected chi connectivity index (χ4v) is 3.04. The number of fused-ring (bicyclic) bond motifs is 1. The van der Waals surface area contributed by atoms with Crippen molar-refractivity contribution in [1.29, 1.82) is 0 Å². The Hall–Kier alpha value is -3.87. The molecule has 0 saturated heterocycles. The molecule has 0 atom stereocenters. The summed E-state index contributed by atoms with van der Waals surface area (Å²) in [6.07, 6.45) is 2.41. The van der Waals surface area contributed by atoms with E-state index < -0.39 is 5.97 Å². The standard InChI is InChI=1S/C22H20N4O3/c1-3-14-4-6-15(7-5-14)24-22-25-18-12-16(8-9-20(18)26(22)2)29-17-10-11-23-19(13-17)21(27)28/h4-13H,3H2,1-2H3,(H,24,25)(H,27,28). The van der Waals surface area contributed by atoms with E-state index >= 15 is 0 Å². The molecule has 0 spiro atoms. The predicted molar refractivity (Wildman–Crippen MR) is 111 cm³/mol. The van der Waals surface area contributed by atoms with E-state index in [-0.39, 0.29) is 5.69 Å². The Kier molecular flexibility index (Phi) is 4.87. The third-order valence-corrected chi connectivity index (χ3v) is 4.66. The van der Waals surface area contributed by atoms with Crippen LogP contribution in [0, 0.1) is 0 Å². The highest BCUT2D eigenvalue weighted by Gasteiger charge is 2.11. The topological polar surface area (TPSA) is 89.3 Å². The van der Waals surface area contributed by atoms with Gasteiger partial charge in [0, 0.05) is 31.1 Å². The lowest BCUT2D eigenvalue weighted by Crippen LogP contribution is -1.99. The third-order valence-electron chi connectivity index (χ3n) is 4.66. The molecule has 0 aliphatic heterocycles. The maximum atomic E-state index is 11.1. The van der Waals surface area contributed by atoms with Crippen LogP contribution in [0.3, 0.4) is 0 Å². The van der Waals surface area contributed by atoms with E-state index in [1.165, 1.54) is 17.8 Å². The number of hydrogen-bond acceptors (Lipinski definition) is 5. The minimum absolute atomic E-state index is 0.0676. The van der Waals surface area contributed by atoms with Gasteiger partial charge in [-0.1, -0.05) is 19.1 Å². The minimum atomic E-state index is -1.10. The molecule has 0 amide bonds. The fourth-order valence-electron chi connectivity index (χ4n) is 3.04. The summed E-state index contributed by atoms with van der Waals surface area (Å²) in [5.41, 5.74) is 3.90. The van der Waals surface area contributed by atoms with Crippen molar-refractivity contribution in [2.75, 3.05) is 5.32 Å². The Morgan fingerprint density at radius 1 is 1.10 bits per heavy atom. The van der Waals surface area contributed by atoms with Crippen molar-refractivity contribution >= 4 is 28.6 Å². The first-order chi connectivity index (χ1) is 14.0. The van der Waals surface area contributed by atoms with Gasteiger partial charge in [-0.3, -0.25) is 0 Å². The van der Waals surface area contributed by atoms with Crippen molar-refractivity contribution in [2.45, 2.75) is 13.3 Å². The van der Waals surface area contributed by atoms with Crippen LogP contribution >= 0.6 is 0 Å². The first-order valence-electron chi connectivity index (χ1n) is 9.23. The molecule has 0 aliphatic carbocycles. The number of nitrogens with one attached hydrogen (secondary N) is 1. The molecule has 2 heterocycles. The largest absolute Gasteiger partial charge is 0.477 e. The van der Waals surface area contributed by atoms with Gasteiger partial charge in [0.1, 0.15) is 11.5 Å². The highest BCUT2D eigenvalue weighted by molar-refractivity contribution is 5.85. The number of carboxylic acid groups (broad SMARTS) is 1. The summed E-state index contributed by atoms with van der Waals surface area (Å²) in [7, 11) is 1.95. The molecule has 0 fully saturated rings. The van der Waals surface area contributed by atoms with Crippen LogP contribution in [0.5, 0.6) is 11.5 Å². The molecular weight excluding hydrogens is 368 g/mol. The maximum absolute atomic E-state index is 11.1. The Bertz CT molecular complexity index is 1180. The summed E-state index contributed by atoms with van der Waals surface area (Å²) in [5.74, 6) is 0.593. The second-order valence-corrected chi connectivity index (χ2v) is 6.60. The average Bonchev–Trinajstić information content (AvgIpc) is 3.03. The number of aryl methyl sites for hydroxylation is 2. The molecular formula is C22H20N4O3. The number of carbonyl (C=O) groups is 1. The Morgan fingerprint density at radius 2 is 1.86 bits per heavy atom. The van der Waals surface area contributed by atoms with E-state index in [0.717, 1.165) is 29.1 Å². The first-order valence-corrected chi connectivity index (χ1v) is 9.23. The summed E-state index contributed by atoms with van der Waals surface area (Å²) in [4.78, 5) is 19.5. The molecule has 0 unspecified atom stereocenters. The number of ether oxygens (including phenoxy) is 1. The molecule has 0 aliphatic rings. The molecule has 2 N–H and O–H groups in total. The van der Waals surface area contributed by atoms with Gasteiger partial charge in [-0.15, -0.1) is 0 Å². The zero-order valence-corrected chi connectivity index (χ0v) is 16.1. The van der Waals surface area contributed by atoms with Crippen molar-refractivity contribution in [3.8, 4) is 11.5 Å². The Morgan fingerprint density at radius 3 is 2.59 bits per heavy atom. The van der Waals surface area contributed by atoms with Gasteiger partial charge >= 0.3 is 5.97 Å². The number of rotatable bonds is 6. The highest BCUT2D eigenvalue weighted by atomic mass is 16.5. The average molecular weight is 388 g/mol. The second-order valence-electron chi connectivity index (χ2n) is 6.60. The highest BCUT2D eigenvalue weighted by Crippen LogP contribution is 2.28. The predicted octanol–water partition coefficient (Wildman–Crippen LogP) is 4.76. The van der Waals surface area contributed by atoms with Crippen molar-refractivity contribution in [3.05, 3.63) is 72.1 Å². The molecule has 146 valence electrons. The number of hydrogen-bond donors (Lipinski definition) is 2. The molecule has 2 aromatic heterocycles. The number of aromatic nitrogens is 3. The van der Waals surface area contributed by atoms with Crippen LogP contribution < -0.4 is 10.1 Å². The summed E-state index contributed by atoms with van der Waals surface area (Å²) in [6, 6.07) is 16.8. The van der Waals surface area contributed by atoms with E-state index in [1.807, 2.05) is 41.9 Å². The van der Waals surface area contributed by atoms with Gasteiger partial charge < -0.3 is 19.7 Å². The quantitative estimate of drug-likeness (QED) is 0.495. The number of aromatic carboxylic acids is 1. The van der Waals surface area contributed by atoms with E-state index in [9.17, 15) is 4.79 Å². The zero-order chi connectivity index (χ0) is 20.4. The molecule has 0 bridgehead atoms. The molecule has 29 heavy (non-hydrogen) atoms. The summed E-state index contributed by atoms with van der Waals surface area (Å²) in [6.45, 7) is 2.13. The van der Waals surface area contributed by atoms with Gasteiger partial charge in [0.15, 0.2) is 5.69 Å². The number of imidazole rings is 1. The van der Waals surface area contributed by atoms with Gasteiger partial charge in [0.25, 0.3) is 0 Å². The lowest BCUT2D eigenvalue weighted by molar-refractivity contribution is 0.0690. The Balaban J connectivity index is 1.59. The first kappa shape index (κ1) is 18.5. The summed E-state index contributed by atoms with van der Waals surface area (Å²) in [5, 5.41) is 12.4. The third kappa shape index (κ3) is 3.89. The van der Waals surface area contributed by atoms with E-state index in [1.54, 1.807) is 6.07 Å². The molecule has 2 aromatic carbocycles. The SMILES string of the molecule is CCc1ccc(Nc2nc3cc(Oc4ccnc(C(=O)O)c4)ccc3n2C)cc1. The van der Waals surface area contributed by atoms with Gasteiger partial charge in [-0.2, -0.15) is 0 Å². The number of benzene rings is 2. The van der Waals surface area contributed by atoms with Gasteiger partial charge in [-0.25, -0.2) is 14.8 Å². The number of carboxylic acids is 1. The van der Waals surface area contributed by atoms with Crippen LogP contribution in [0.25, 0.3) is 11.0 Å². The van der Waals surface area contributed by atoms with Crippen molar-refractivity contribution in [1.82, 2.24) is 14.5 Å². The van der Waals surface area contributed by atoms with Crippen LogP contribution in [0.2, 0.25) is 0 Å². The van der Waals surface area contributed by atoms with Crippen molar-refractivity contribution in [2.24, 2.45) is 7.05 Å². The molecule has 4 aromatic rings. The maximum Gasteiger partial charge on any atom is 0.354 e. The molecule has 7 nitrogen and oxygen atoms in total. The van der Waals surface area contributed by atoms with Crippen LogP contribution in [0.1, 0.15) is 23.0 Å². The molecule has 0 radical (unpaired) electrons. The Labute approximate surface area is 167 Å². The molecule has 4 rings (SSSR count). The lowest BCUT2D eigenvalue weighted by Gasteiger charge is -2.07. The minimum Gasteiger partial charge on any atom is -0.477 e. The lowest BCUT2D eigenvalue weighted by atomic mass is 10.1. The van der Waals surface area contributed by atoms with Gasteiger partial charge in [0.05, 0.1) is 11.0 Å². The van der Waals surface area contributed by atoms with Crippen LogP contribution in [-0.2, 0) is 13.5 Å². The van der Waals surface area contributed by atoms with Gasteiger partial charge in [0.2, 0.25) is 5.95 Å². The monoisotopic (exact) mass is 388 g/mol. The summed E-state index contributed by atoms with van der Waals surface area (Å²) < 4.78 is 7.77. The second kappa shape index (κ2) is 7.63. The van der Waals surface area contributed by atoms with Gasteiger partial charge in [-0.05, 0) is 42.3 Å². The smallest absolute Gasteiger partial charge is 0.354 e. The van der Waals surface area contributed by atoms with Crippen molar-refractivity contribution < 1.29 is 14.6 Å². The molecule has 7 heteroatoms. The van der Waals surface area contributed by atoms with E-state index in [4.69, 9.17) is 9.84 Å². The van der Waals surface area contributed by atoms with Crippen LogP contribution in [0.4, 0.5) is 11.6 Å². The number of anilines is 2. The van der Waals surface area contributed by atoms with Crippen molar-refractivity contribution in [3.63, 3.8) is 0 Å². The fraction of sp³-hybridized carbons (Fsp3) is 0.136. The number of nitrogens with zero attached hydrogens (tertiary/aromatic N) is 3. The molecule has 0 saturated carbocycles. The van der Waals surface area contributed by atoms with E-state index in [0.29, 0.717) is 11.5 Å². The normalized spacial score (nSPS) is 10.8. The van der Waals surface area contributed by atoms with Crippen LogP contribution in [-0.4, -0.2) is 25.6 Å². The summed E-state index contributed by atoms with van der Waals surface area (Å²) >= 11 is 0. The van der Waals surface area contributed by atoms with Crippen LogP contribution in [0.15, 0.2) is 60.8 Å². The number of pyridine rings is 1. The zero-order valence-electron chi connectivity index (χ0n) is 16.1. The van der Waals surface area contributed by atoms with E-state index in [2.05, 4.69) is 34.3 Å².